The number of ether oxygens (including phenoxy) is 2. The van der Waals surface area contributed by atoms with Gasteiger partial charge in [0.1, 0.15) is 0 Å². The van der Waals surface area contributed by atoms with Crippen molar-refractivity contribution < 1.29 is 9.47 Å². The summed E-state index contributed by atoms with van der Waals surface area (Å²) in [6.07, 6.45) is 13.7. The molecule has 1 spiro atoms. The standard InChI is InChI=1S/C27H45NO2/c1-16-7-12-27(29-15-16)17(2)24-23(30-27)14-22-20-6-5-18-13-19(28)8-10-25(18,3)21(20)9-11-26(22,24)4/h16-24H,5-15,28H2,1-4H3/t16-,17-,18-,19-,20+,21-,22-,23-,24-,25-,26-,27?/m0/s1. The van der Waals surface area contributed by atoms with Crippen molar-refractivity contribution in [2.75, 3.05) is 6.61 Å². The van der Waals surface area contributed by atoms with E-state index in [1.807, 2.05) is 0 Å². The molecule has 0 aromatic carbocycles. The maximum Gasteiger partial charge on any atom is 0.171 e. The van der Waals surface area contributed by atoms with Gasteiger partial charge >= 0.3 is 0 Å². The fourth-order valence-corrected chi connectivity index (χ4v) is 10.3. The van der Waals surface area contributed by atoms with Gasteiger partial charge in [0.05, 0.1) is 12.7 Å². The molecular weight excluding hydrogens is 370 g/mol. The Hall–Kier alpha value is -0.120. The molecule has 0 aromatic rings. The smallest absolute Gasteiger partial charge is 0.171 e. The molecule has 170 valence electrons. The first-order valence-electron chi connectivity index (χ1n) is 13.3. The van der Waals surface area contributed by atoms with Gasteiger partial charge in [-0.3, -0.25) is 0 Å². The summed E-state index contributed by atoms with van der Waals surface area (Å²) in [5.41, 5.74) is 7.40. The van der Waals surface area contributed by atoms with E-state index in [1.54, 1.807) is 0 Å². The van der Waals surface area contributed by atoms with Crippen LogP contribution >= 0.6 is 0 Å². The van der Waals surface area contributed by atoms with Gasteiger partial charge in [0.2, 0.25) is 0 Å². The van der Waals surface area contributed by atoms with E-state index in [9.17, 15) is 0 Å². The van der Waals surface area contributed by atoms with Crippen LogP contribution < -0.4 is 5.73 Å². The summed E-state index contributed by atoms with van der Waals surface area (Å²) in [6, 6.07) is 0.461. The third-order valence-corrected chi connectivity index (χ3v) is 12.0. The van der Waals surface area contributed by atoms with Crippen molar-refractivity contribution in [2.24, 2.45) is 58.0 Å². The predicted octanol–water partition coefficient (Wildman–Crippen LogP) is 5.76. The van der Waals surface area contributed by atoms with E-state index in [-0.39, 0.29) is 5.79 Å². The number of fused-ring (bicyclic) bond motifs is 7. The fraction of sp³-hybridized carbons (Fsp3) is 1.00. The predicted molar refractivity (Wildman–Crippen MR) is 120 cm³/mol. The van der Waals surface area contributed by atoms with Crippen molar-refractivity contribution in [1.29, 1.82) is 0 Å². The van der Waals surface area contributed by atoms with Crippen LogP contribution in [0.25, 0.3) is 0 Å². The highest BCUT2D eigenvalue weighted by atomic mass is 16.7. The van der Waals surface area contributed by atoms with Gasteiger partial charge in [-0.25, -0.2) is 0 Å². The average molecular weight is 416 g/mol. The summed E-state index contributed by atoms with van der Waals surface area (Å²) in [7, 11) is 0. The number of nitrogens with two attached hydrogens (primary N) is 1. The second kappa shape index (κ2) is 6.70. The lowest BCUT2D eigenvalue weighted by atomic mass is 9.44. The molecule has 1 unspecified atom stereocenters. The Morgan fingerprint density at radius 1 is 0.833 bits per heavy atom. The topological polar surface area (TPSA) is 44.5 Å². The van der Waals surface area contributed by atoms with E-state index in [4.69, 9.17) is 15.2 Å². The Balaban J connectivity index is 1.26. The fourth-order valence-electron chi connectivity index (χ4n) is 10.3. The van der Waals surface area contributed by atoms with Crippen molar-refractivity contribution in [3.8, 4) is 0 Å². The highest BCUT2D eigenvalue weighted by molar-refractivity contribution is 5.15. The Kier molecular flexibility index (Phi) is 4.58. The highest BCUT2D eigenvalue weighted by Crippen LogP contribution is 2.71. The summed E-state index contributed by atoms with van der Waals surface area (Å²) < 4.78 is 13.4. The van der Waals surface area contributed by atoms with Crippen LogP contribution in [0.3, 0.4) is 0 Å². The summed E-state index contributed by atoms with van der Waals surface area (Å²) in [4.78, 5) is 0. The van der Waals surface area contributed by atoms with E-state index in [2.05, 4.69) is 27.7 Å². The molecular formula is C27H45NO2. The monoisotopic (exact) mass is 415 g/mol. The lowest BCUT2D eigenvalue weighted by Gasteiger charge is -2.61. The van der Waals surface area contributed by atoms with Gasteiger partial charge in [0.15, 0.2) is 5.79 Å². The van der Waals surface area contributed by atoms with Crippen LogP contribution in [0.15, 0.2) is 0 Å². The Labute approximate surface area is 184 Å². The van der Waals surface area contributed by atoms with Crippen molar-refractivity contribution in [3.63, 3.8) is 0 Å². The second-order valence-electron chi connectivity index (χ2n) is 13.2. The molecule has 0 bridgehead atoms. The minimum Gasteiger partial charge on any atom is -0.349 e. The molecule has 0 aromatic heterocycles. The molecule has 0 amide bonds. The van der Waals surface area contributed by atoms with Crippen molar-refractivity contribution in [1.82, 2.24) is 0 Å². The third-order valence-electron chi connectivity index (χ3n) is 12.0. The maximum atomic E-state index is 6.92. The van der Waals surface area contributed by atoms with Crippen LogP contribution in [0.4, 0.5) is 0 Å². The van der Waals surface area contributed by atoms with Crippen LogP contribution in [0.2, 0.25) is 0 Å². The van der Waals surface area contributed by atoms with Crippen LogP contribution in [-0.4, -0.2) is 24.5 Å². The van der Waals surface area contributed by atoms with Crippen LogP contribution in [0.5, 0.6) is 0 Å². The van der Waals surface area contributed by atoms with Crippen molar-refractivity contribution >= 4 is 0 Å². The molecule has 2 saturated heterocycles. The minimum absolute atomic E-state index is 0.268. The first-order chi connectivity index (χ1) is 14.3. The Morgan fingerprint density at radius 3 is 2.40 bits per heavy atom. The average Bonchev–Trinajstić information content (AvgIpc) is 3.16. The van der Waals surface area contributed by atoms with Crippen LogP contribution in [0.1, 0.15) is 91.9 Å². The molecule has 2 N–H and O–H groups in total. The molecule has 4 aliphatic carbocycles. The molecule has 6 rings (SSSR count). The maximum absolute atomic E-state index is 6.92. The molecule has 0 radical (unpaired) electrons. The molecule has 2 aliphatic heterocycles. The molecule has 3 heteroatoms. The van der Waals surface area contributed by atoms with Crippen molar-refractivity contribution in [2.45, 2.75) is 110 Å². The quantitative estimate of drug-likeness (QED) is 0.547. The highest BCUT2D eigenvalue weighted by Gasteiger charge is 2.69. The third kappa shape index (κ3) is 2.61. The summed E-state index contributed by atoms with van der Waals surface area (Å²) >= 11 is 0. The Bertz CT molecular complexity index is 686. The number of hydrogen-bond donors (Lipinski definition) is 1. The zero-order chi connectivity index (χ0) is 20.9. The largest absolute Gasteiger partial charge is 0.349 e. The van der Waals surface area contributed by atoms with Crippen LogP contribution in [-0.2, 0) is 9.47 Å². The van der Waals surface area contributed by atoms with E-state index < -0.39 is 0 Å². The summed E-state index contributed by atoms with van der Waals surface area (Å²) in [5.74, 6) is 5.25. The van der Waals surface area contributed by atoms with Gasteiger partial charge in [-0.1, -0.05) is 27.7 Å². The first kappa shape index (κ1) is 20.5. The van der Waals surface area contributed by atoms with E-state index in [0.29, 0.717) is 40.7 Å². The van der Waals surface area contributed by atoms with Gasteiger partial charge in [0.25, 0.3) is 0 Å². The minimum atomic E-state index is -0.268. The number of rotatable bonds is 0. The number of hydrogen-bond acceptors (Lipinski definition) is 3. The summed E-state index contributed by atoms with van der Waals surface area (Å²) in [6.45, 7) is 11.0. The lowest BCUT2D eigenvalue weighted by Crippen LogP contribution is -2.55. The summed E-state index contributed by atoms with van der Waals surface area (Å²) in [5, 5.41) is 0. The molecule has 4 saturated carbocycles. The van der Waals surface area contributed by atoms with Gasteiger partial charge in [-0.15, -0.1) is 0 Å². The molecule has 3 nitrogen and oxygen atoms in total. The zero-order valence-electron chi connectivity index (χ0n) is 19.9. The zero-order valence-corrected chi connectivity index (χ0v) is 19.9. The van der Waals surface area contributed by atoms with Gasteiger partial charge in [-0.2, -0.15) is 0 Å². The first-order valence-corrected chi connectivity index (χ1v) is 13.3. The van der Waals surface area contributed by atoms with E-state index in [0.717, 1.165) is 36.7 Å². The van der Waals surface area contributed by atoms with E-state index in [1.165, 1.54) is 57.8 Å². The molecule has 6 aliphatic rings. The van der Waals surface area contributed by atoms with Crippen LogP contribution in [0, 0.1) is 52.3 Å². The molecule has 12 atom stereocenters. The second-order valence-corrected chi connectivity index (χ2v) is 13.2. The van der Waals surface area contributed by atoms with Gasteiger partial charge < -0.3 is 15.2 Å². The normalized spacial score (nSPS) is 62.5. The lowest BCUT2D eigenvalue weighted by molar-refractivity contribution is -0.273. The van der Waals surface area contributed by atoms with E-state index >= 15 is 0 Å². The molecule has 6 fully saturated rings. The van der Waals surface area contributed by atoms with Gasteiger partial charge in [0, 0.05) is 18.4 Å². The Morgan fingerprint density at radius 2 is 1.63 bits per heavy atom. The van der Waals surface area contributed by atoms with Crippen molar-refractivity contribution in [3.05, 3.63) is 0 Å². The van der Waals surface area contributed by atoms with Gasteiger partial charge in [-0.05, 0) is 104 Å². The molecule has 2 heterocycles. The molecule has 30 heavy (non-hydrogen) atoms. The SMILES string of the molecule is C[C@H]1CCC2(OC1)O[C@H]1C[C@H]3[C@@H]4CC[C@H]5C[C@@H](N)CC[C@]5(C)[C@H]4CC[C@]3(C)[C@H]1[C@@H]2C.